The van der Waals surface area contributed by atoms with Crippen LogP contribution in [0.3, 0.4) is 0 Å². The van der Waals surface area contributed by atoms with E-state index >= 15 is 0 Å². The van der Waals surface area contributed by atoms with E-state index in [0.29, 0.717) is 18.1 Å². The topological polar surface area (TPSA) is 107 Å². The summed E-state index contributed by atoms with van der Waals surface area (Å²) in [7, 11) is 0. The van der Waals surface area contributed by atoms with Crippen molar-refractivity contribution in [1.82, 2.24) is 9.97 Å². The second-order valence-corrected chi connectivity index (χ2v) is 3.64. The molecule has 0 saturated heterocycles. The Kier molecular flexibility index (Phi) is 3.04. The number of primary amides is 1. The molecule has 1 heterocycles. The van der Waals surface area contributed by atoms with Crippen LogP contribution < -0.4 is 16.8 Å². The lowest BCUT2D eigenvalue weighted by Gasteiger charge is -2.07. The smallest absolute Gasteiger partial charge is 0.219 e. The van der Waals surface area contributed by atoms with Crippen LogP contribution in [0.4, 0.5) is 11.5 Å². The third-order valence-corrected chi connectivity index (χ3v) is 2.32. The third kappa shape index (κ3) is 2.60. The van der Waals surface area contributed by atoms with Crippen molar-refractivity contribution in [2.75, 3.05) is 17.6 Å². The van der Waals surface area contributed by atoms with Crippen LogP contribution in [0.5, 0.6) is 0 Å². The van der Waals surface area contributed by atoms with Crippen LogP contribution in [-0.2, 0) is 4.79 Å². The number of nitrogens with zero attached hydrogens (tertiary/aromatic N) is 2. The summed E-state index contributed by atoms with van der Waals surface area (Å²) in [5, 5.41) is 3.91. The molecule has 5 N–H and O–H groups in total. The van der Waals surface area contributed by atoms with Gasteiger partial charge in [0.2, 0.25) is 5.91 Å². The van der Waals surface area contributed by atoms with Gasteiger partial charge in [0.1, 0.15) is 12.1 Å². The Morgan fingerprint density at radius 2 is 2.18 bits per heavy atom. The molecule has 0 aliphatic rings. The first-order valence-corrected chi connectivity index (χ1v) is 5.19. The zero-order valence-electron chi connectivity index (χ0n) is 9.18. The zero-order valence-corrected chi connectivity index (χ0v) is 9.18. The number of rotatable bonds is 4. The monoisotopic (exact) mass is 231 g/mol. The first-order chi connectivity index (χ1) is 8.16. The molecule has 0 saturated carbocycles. The highest BCUT2D eigenvalue weighted by Gasteiger charge is 2.03. The van der Waals surface area contributed by atoms with Crippen LogP contribution in [0.1, 0.15) is 6.42 Å². The lowest BCUT2D eigenvalue weighted by molar-refractivity contribution is -0.117. The minimum absolute atomic E-state index is 0.264. The van der Waals surface area contributed by atoms with Gasteiger partial charge in [-0.05, 0) is 18.2 Å². The summed E-state index contributed by atoms with van der Waals surface area (Å²) in [6, 6.07) is 5.40. The van der Waals surface area contributed by atoms with Crippen molar-refractivity contribution in [3.05, 3.63) is 24.5 Å². The van der Waals surface area contributed by atoms with Crippen LogP contribution in [0.25, 0.3) is 10.9 Å². The van der Waals surface area contributed by atoms with Crippen molar-refractivity contribution in [2.45, 2.75) is 6.42 Å². The van der Waals surface area contributed by atoms with Crippen molar-refractivity contribution >= 4 is 28.3 Å². The maximum absolute atomic E-state index is 10.6. The Morgan fingerprint density at radius 1 is 1.35 bits per heavy atom. The summed E-state index contributed by atoms with van der Waals surface area (Å²) in [6.07, 6.45) is 1.72. The molecule has 88 valence electrons. The molecule has 2 rings (SSSR count). The molecule has 0 bridgehead atoms. The Hall–Kier alpha value is -2.37. The molecule has 2 aromatic rings. The summed E-state index contributed by atoms with van der Waals surface area (Å²) >= 11 is 0. The zero-order chi connectivity index (χ0) is 12.3. The molecular formula is C11H13N5O. The number of hydrogen-bond donors (Lipinski definition) is 3. The van der Waals surface area contributed by atoms with Gasteiger partial charge in [-0.2, -0.15) is 0 Å². The Balaban J connectivity index is 2.25. The second kappa shape index (κ2) is 4.65. The summed E-state index contributed by atoms with van der Waals surface area (Å²) in [4.78, 5) is 18.9. The number of benzene rings is 1. The molecule has 17 heavy (non-hydrogen) atoms. The lowest BCUT2D eigenvalue weighted by atomic mass is 10.2. The van der Waals surface area contributed by atoms with Crippen LogP contribution in [0.15, 0.2) is 24.5 Å². The van der Waals surface area contributed by atoms with E-state index in [1.54, 1.807) is 12.1 Å². The van der Waals surface area contributed by atoms with Gasteiger partial charge in [0.15, 0.2) is 0 Å². The van der Waals surface area contributed by atoms with Gasteiger partial charge >= 0.3 is 0 Å². The molecule has 6 heteroatoms. The SMILES string of the molecule is NC(=O)CCNc1ncnc2cc(N)ccc12. The summed E-state index contributed by atoms with van der Waals surface area (Å²) in [6.45, 7) is 0.450. The van der Waals surface area contributed by atoms with E-state index in [1.807, 2.05) is 6.07 Å². The minimum Gasteiger partial charge on any atom is -0.399 e. The Morgan fingerprint density at radius 3 is 2.94 bits per heavy atom. The minimum atomic E-state index is -0.347. The normalized spacial score (nSPS) is 10.4. The molecule has 0 fully saturated rings. The van der Waals surface area contributed by atoms with E-state index in [1.165, 1.54) is 6.33 Å². The van der Waals surface area contributed by atoms with E-state index in [0.717, 1.165) is 10.9 Å². The molecule has 1 aromatic carbocycles. The number of nitrogen functional groups attached to an aromatic ring is 1. The largest absolute Gasteiger partial charge is 0.399 e. The Labute approximate surface area is 98.0 Å². The fourth-order valence-corrected chi connectivity index (χ4v) is 1.52. The molecule has 0 aliphatic heterocycles. The fourth-order valence-electron chi connectivity index (χ4n) is 1.52. The number of nitrogens with two attached hydrogens (primary N) is 2. The lowest BCUT2D eigenvalue weighted by Crippen LogP contribution is -2.16. The van der Waals surface area contributed by atoms with E-state index in [2.05, 4.69) is 15.3 Å². The molecule has 1 aromatic heterocycles. The maximum Gasteiger partial charge on any atom is 0.219 e. The van der Waals surface area contributed by atoms with Crippen LogP contribution >= 0.6 is 0 Å². The average molecular weight is 231 g/mol. The number of anilines is 2. The van der Waals surface area contributed by atoms with Crippen molar-refractivity contribution in [2.24, 2.45) is 5.73 Å². The molecule has 6 nitrogen and oxygen atoms in total. The molecular weight excluding hydrogens is 218 g/mol. The quantitative estimate of drug-likeness (QED) is 0.664. The molecule has 0 spiro atoms. The maximum atomic E-state index is 10.6. The van der Waals surface area contributed by atoms with Gasteiger partial charge in [-0.15, -0.1) is 0 Å². The summed E-state index contributed by atoms with van der Waals surface area (Å²) in [5.41, 5.74) is 12.2. The third-order valence-electron chi connectivity index (χ3n) is 2.32. The van der Waals surface area contributed by atoms with E-state index in [4.69, 9.17) is 11.5 Å². The number of amides is 1. The van der Waals surface area contributed by atoms with Crippen molar-refractivity contribution < 1.29 is 4.79 Å². The standard InChI is InChI=1S/C11H13N5O/c12-7-1-2-8-9(5-7)15-6-16-11(8)14-4-3-10(13)17/h1-2,5-6H,3-4,12H2,(H2,13,17)(H,14,15,16). The number of fused-ring (bicyclic) bond motifs is 1. The van der Waals surface area contributed by atoms with Gasteiger partial charge in [-0.25, -0.2) is 9.97 Å². The van der Waals surface area contributed by atoms with E-state index in [-0.39, 0.29) is 12.3 Å². The van der Waals surface area contributed by atoms with Crippen LogP contribution in [-0.4, -0.2) is 22.4 Å². The van der Waals surface area contributed by atoms with Gasteiger partial charge in [0.25, 0.3) is 0 Å². The highest BCUT2D eigenvalue weighted by atomic mass is 16.1. The second-order valence-electron chi connectivity index (χ2n) is 3.64. The molecule has 0 unspecified atom stereocenters. The number of carbonyl (C=O) groups is 1. The predicted octanol–water partition coefficient (Wildman–Crippen LogP) is 0.499. The highest BCUT2D eigenvalue weighted by molar-refractivity contribution is 5.90. The number of carbonyl (C=O) groups excluding carboxylic acids is 1. The van der Waals surface area contributed by atoms with Gasteiger partial charge in [0, 0.05) is 24.0 Å². The van der Waals surface area contributed by atoms with Gasteiger partial charge in [0.05, 0.1) is 5.52 Å². The first kappa shape index (κ1) is 11.1. The summed E-state index contributed by atoms with van der Waals surface area (Å²) < 4.78 is 0. The highest BCUT2D eigenvalue weighted by Crippen LogP contribution is 2.20. The predicted molar refractivity (Wildman–Crippen MR) is 66.3 cm³/mol. The van der Waals surface area contributed by atoms with E-state index < -0.39 is 0 Å². The van der Waals surface area contributed by atoms with Crippen LogP contribution in [0, 0.1) is 0 Å². The van der Waals surface area contributed by atoms with Gasteiger partial charge in [-0.3, -0.25) is 4.79 Å². The Bertz CT molecular complexity index is 555. The van der Waals surface area contributed by atoms with Crippen molar-refractivity contribution in [1.29, 1.82) is 0 Å². The van der Waals surface area contributed by atoms with Gasteiger partial charge < -0.3 is 16.8 Å². The number of nitrogens with one attached hydrogen (secondary N) is 1. The first-order valence-electron chi connectivity index (χ1n) is 5.19. The molecule has 0 aliphatic carbocycles. The number of aromatic nitrogens is 2. The molecule has 1 amide bonds. The van der Waals surface area contributed by atoms with Crippen molar-refractivity contribution in [3.63, 3.8) is 0 Å². The van der Waals surface area contributed by atoms with E-state index in [9.17, 15) is 4.79 Å². The average Bonchev–Trinajstić information content (AvgIpc) is 2.28. The molecule has 0 atom stereocenters. The van der Waals surface area contributed by atoms with Crippen LogP contribution in [0.2, 0.25) is 0 Å². The molecule has 0 radical (unpaired) electrons. The van der Waals surface area contributed by atoms with Crippen molar-refractivity contribution in [3.8, 4) is 0 Å². The number of hydrogen-bond acceptors (Lipinski definition) is 5. The summed E-state index contributed by atoms with van der Waals surface area (Å²) in [5.74, 6) is 0.330. The fraction of sp³-hybridized carbons (Fsp3) is 0.182. The van der Waals surface area contributed by atoms with Gasteiger partial charge in [-0.1, -0.05) is 0 Å².